The minimum atomic E-state index is -0.499. The molecule has 32 heavy (non-hydrogen) atoms. The molecule has 1 aliphatic carbocycles. The molecular formula is C27H36N2O3. The van der Waals surface area contributed by atoms with E-state index in [1.165, 1.54) is 6.42 Å². The van der Waals surface area contributed by atoms with Gasteiger partial charge in [-0.15, -0.1) is 0 Å². The van der Waals surface area contributed by atoms with Crippen molar-refractivity contribution in [3.8, 4) is 5.75 Å². The first-order valence-electron chi connectivity index (χ1n) is 11.8. The van der Waals surface area contributed by atoms with E-state index in [1.54, 1.807) is 12.0 Å². The van der Waals surface area contributed by atoms with Gasteiger partial charge in [0.25, 0.3) is 0 Å². The number of ether oxygens (including phenoxy) is 1. The highest BCUT2D eigenvalue weighted by Crippen LogP contribution is 2.21. The van der Waals surface area contributed by atoms with Crippen molar-refractivity contribution in [2.75, 3.05) is 7.11 Å². The Morgan fingerprint density at radius 3 is 2.44 bits per heavy atom. The molecule has 1 aliphatic rings. The van der Waals surface area contributed by atoms with E-state index in [0.29, 0.717) is 13.0 Å². The Hall–Kier alpha value is -2.82. The number of hydrogen-bond acceptors (Lipinski definition) is 3. The molecule has 1 atom stereocenters. The molecule has 0 spiro atoms. The zero-order chi connectivity index (χ0) is 22.9. The van der Waals surface area contributed by atoms with Crippen LogP contribution in [-0.4, -0.2) is 35.9 Å². The molecule has 2 aromatic carbocycles. The van der Waals surface area contributed by atoms with Gasteiger partial charge in [0, 0.05) is 12.6 Å². The smallest absolute Gasteiger partial charge is 0.243 e. The zero-order valence-electron chi connectivity index (χ0n) is 19.6. The molecule has 0 aromatic heterocycles. The fourth-order valence-corrected chi connectivity index (χ4v) is 4.41. The third kappa shape index (κ3) is 6.59. The standard InChI is InChI=1S/C27H36N2O3/c1-4-25(27(31)28-23-10-6-5-7-11-23)29(19-22-9-8-12-24(17-22)32-3)26(30)18-21-15-13-20(2)14-16-21/h8-9,12-17,23,25H,4-7,10-11,18-19H2,1-3H3,(H,28,31)/t25-/m0/s1. The Kier molecular flexibility index (Phi) is 8.72. The summed E-state index contributed by atoms with van der Waals surface area (Å²) >= 11 is 0. The molecule has 1 fully saturated rings. The van der Waals surface area contributed by atoms with Crippen molar-refractivity contribution in [3.63, 3.8) is 0 Å². The van der Waals surface area contributed by atoms with E-state index in [9.17, 15) is 9.59 Å². The molecule has 172 valence electrons. The lowest BCUT2D eigenvalue weighted by atomic mass is 9.95. The normalized spacial score (nSPS) is 15.1. The summed E-state index contributed by atoms with van der Waals surface area (Å²) in [6.45, 7) is 4.38. The van der Waals surface area contributed by atoms with Crippen LogP contribution in [0.25, 0.3) is 0 Å². The number of rotatable bonds is 9. The zero-order valence-corrected chi connectivity index (χ0v) is 19.6. The minimum Gasteiger partial charge on any atom is -0.497 e. The number of methoxy groups -OCH3 is 1. The SMILES string of the molecule is CC[C@@H](C(=O)NC1CCCCC1)N(Cc1cccc(OC)c1)C(=O)Cc1ccc(C)cc1. The van der Waals surface area contributed by atoms with E-state index in [0.717, 1.165) is 48.1 Å². The van der Waals surface area contributed by atoms with Crippen molar-refractivity contribution in [2.45, 2.75) is 77.4 Å². The highest BCUT2D eigenvalue weighted by atomic mass is 16.5. The molecule has 2 aromatic rings. The van der Waals surface area contributed by atoms with Crippen LogP contribution >= 0.6 is 0 Å². The molecule has 5 heteroatoms. The van der Waals surface area contributed by atoms with Gasteiger partial charge in [0.1, 0.15) is 11.8 Å². The largest absolute Gasteiger partial charge is 0.497 e. The number of carbonyl (C=O) groups is 2. The van der Waals surface area contributed by atoms with E-state index in [2.05, 4.69) is 5.32 Å². The van der Waals surface area contributed by atoms with Gasteiger partial charge in [-0.05, 0) is 49.4 Å². The van der Waals surface area contributed by atoms with Gasteiger partial charge >= 0.3 is 0 Å². The number of amides is 2. The summed E-state index contributed by atoms with van der Waals surface area (Å²) in [5, 5.41) is 3.23. The highest BCUT2D eigenvalue weighted by Gasteiger charge is 2.30. The van der Waals surface area contributed by atoms with Gasteiger partial charge in [0.2, 0.25) is 11.8 Å². The van der Waals surface area contributed by atoms with E-state index in [4.69, 9.17) is 4.74 Å². The number of carbonyl (C=O) groups excluding carboxylic acids is 2. The van der Waals surface area contributed by atoms with Crippen molar-refractivity contribution >= 4 is 11.8 Å². The van der Waals surface area contributed by atoms with Gasteiger partial charge in [0.05, 0.1) is 13.5 Å². The monoisotopic (exact) mass is 436 g/mol. The summed E-state index contributed by atoms with van der Waals surface area (Å²) in [6.07, 6.45) is 6.44. The Labute approximate surface area is 192 Å². The predicted octanol–water partition coefficient (Wildman–Crippen LogP) is 4.80. The molecule has 3 rings (SSSR count). The highest BCUT2D eigenvalue weighted by molar-refractivity contribution is 5.88. The first-order chi connectivity index (χ1) is 15.5. The van der Waals surface area contributed by atoms with E-state index in [-0.39, 0.29) is 24.3 Å². The lowest BCUT2D eigenvalue weighted by molar-refractivity contribution is -0.141. The fraction of sp³-hybridized carbons (Fsp3) is 0.481. The first-order valence-corrected chi connectivity index (χ1v) is 11.8. The summed E-state index contributed by atoms with van der Waals surface area (Å²) in [5.74, 6) is 0.662. The second-order valence-electron chi connectivity index (χ2n) is 8.80. The van der Waals surface area contributed by atoms with Gasteiger partial charge < -0.3 is 15.0 Å². The van der Waals surface area contributed by atoms with Crippen LogP contribution in [0.4, 0.5) is 0 Å². The molecule has 1 saturated carbocycles. The number of aryl methyl sites for hydroxylation is 1. The van der Waals surface area contributed by atoms with Crippen LogP contribution < -0.4 is 10.1 Å². The van der Waals surface area contributed by atoms with Crippen LogP contribution in [-0.2, 0) is 22.6 Å². The molecule has 0 aliphatic heterocycles. The van der Waals surface area contributed by atoms with E-state index < -0.39 is 6.04 Å². The molecule has 2 amide bonds. The van der Waals surface area contributed by atoms with Gasteiger partial charge in [-0.25, -0.2) is 0 Å². The maximum Gasteiger partial charge on any atom is 0.243 e. The third-order valence-corrected chi connectivity index (χ3v) is 6.30. The summed E-state index contributed by atoms with van der Waals surface area (Å²) in [4.78, 5) is 28.5. The molecule has 5 nitrogen and oxygen atoms in total. The fourth-order valence-electron chi connectivity index (χ4n) is 4.41. The molecule has 0 saturated heterocycles. The topological polar surface area (TPSA) is 58.6 Å². The van der Waals surface area contributed by atoms with Crippen LogP contribution in [0.3, 0.4) is 0 Å². The third-order valence-electron chi connectivity index (χ3n) is 6.30. The van der Waals surface area contributed by atoms with E-state index in [1.807, 2.05) is 62.4 Å². The molecule has 0 heterocycles. The second kappa shape index (κ2) is 11.7. The molecular weight excluding hydrogens is 400 g/mol. The van der Waals surface area contributed by atoms with Gasteiger partial charge in [-0.2, -0.15) is 0 Å². The lowest BCUT2D eigenvalue weighted by Gasteiger charge is -2.33. The van der Waals surface area contributed by atoms with Gasteiger partial charge in [-0.3, -0.25) is 9.59 Å². The van der Waals surface area contributed by atoms with Crippen molar-refractivity contribution in [2.24, 2.45) is 0 Å². The Morgan fingerprint density at radius 2 is 1.78 bits per heavy atom. The summed E-state index contributed by atoms with van der Waals surface area (Å²) in [7, 11) is 1.63. The Morgan fingerprint density at radius 1 is 1.06 bits per heavy atom. The summed E-state index contributed by atoms with van der Waals surface area (Å²) in [5.41, 5.74) is 3.07. The minimum absolute atomic E-state index is 0.0395. The number of nitrogens with zero attached hydrogens (tertiary/aromatic N) is 1. The first kappa shape index (κ1) is 23.8. The maximum atomic E-state index is 13.5. The van der Waals surface area contributed by atoms with Gasteiger partial charge in [0.15, 0.2) is 0 Å². The van der Waals surface area contributed by atoms with Crippen LogP contribution in [0.5, 0.6) is 5.75 Å². The van der Waals surface area contributed by atoms with Crippen molar-refractivity contribution in [1.29, 1.82) is 0 Å². The number of hydrogen-bond donors (Lipinski definition) is 1. The number of benzene rings is 2. The summed E-state index contributed by atoms with van der Waals surface area (Å²) < 4.78 is 5.36. The van der Waals surface area contributed by atoms with Crippen LogP contribution in [0, 0.1) is 6.92 Å². The molecule has 0 unspecified atom stereocenters. The maximum absolute atomic E-state index is 13.5. The van der Waals surface area contributed by atoms with E-state index >= 15 is 0 Å². The average Bonchev–Trinajstić information content (AvgIpc) is 2.81. The lowest BCUT2D eigenvalue weighted by Crippen LogP contribution is -2.51. The van der Waals surface area contributed by atoms with Crippen molar-refractivity contribution in [1.82, 2.24) is 10.2 Å². The summed E-state index contributed by atoms with van der Waals surface area (Å²) in [6, 6.07) is 15.4. The number of nitrogens with one attached hydrogen (secondary N) is 1. The quantitative estimate of drug-likeness (QED) is 0.614. The Balaban J connectivity index is 1.81. The average molecular weight is 437 g/mol. The molecule has 0 radical (unpaired) electrons. The predicted molar refractivity (Wildman–Crippen MR) is 128 cm³/mol. The van der Waals surface area contributed by atoms with Crippen LogP contribution in [0.15, 0.2) is 48.5 Å². The van der Waals surface area contributed by atoms with Crippen LogP contribution in [0.2, 0.25) is 0 Å². The second-order valence-corrected chi connectivity index (χ2v) is 8.80. The molecule has 1 N–H and O–H groups in total. The Bertz CT molecular complexity index is 888. The van der Waals surface area contributed by atoms with Crippen molar-refractivity contribution < 1.29 is 14.3 Å². The van der Waals surface area contributed by atoms with Crippen LogP contribution in [0.1, 0.15) is 62.1 Å². The van der Waals surface area contributed by atoms with Gasteiger partial charge in [-0.1, -0.05) is 68.1 Å². The molecule has 0 bridgehead atoms. The van der Waals surface area contributed by atoms with Crippen molar-refractivity contribution in [3.05, 3.63) is 65.2 Å².